The Morgan fingerprint density at radius 2 is 2.05 bits per heavy atom. The van der Waals surface area contributed by atoms with Crippen molar-refractivity contribution in [2.75, 3.05) is 13.2 Å². The molecular formula is C31H40N4O4. The number of rotatable bonds is 2. The molecule has 1 aliphatic carbocycles. The molecule has 0 radical (unpaired) electrons. The van der Waals surface area contributed by atoms with Gasteiger partial charge in [0.2, 0.25) is 11.8 Å². The van der Waals surface area contributed by atoms with Crippen LogP contribution in [-0.4, -0.2) is 47.5 Å². The molecule has 1 aromatic rings. The highest BCUT2D eigenvalue weighted by atomic mass is 16.5. The third-order valence-electron chi connectivity index (χ3n) is 8.16. The summed E-state index contributed by atoms with van der Waals surface area (Å²) in [6.45, 7) is 12.5. The fourth-order valence-electron chi connectivity index (χ4n) is 5.93. The van der Waals surface area contributed by atoms with Crippen LogP contribution in [0.5, 0.6) is 5.75 Å². The van der Waals surface area contributed by atoms with Crippen LogP contribution in [0.1, 0.15) is 82.9 Å². The lowest BCUT2D eigenvalue weighted by Crippen LogP contribution is -2.48. The number of ether oxygens (including phenoxy) is 2. The van der Waals surface area contributed by atoms with Crippen LogP contribution < -0.4 is 15.8 Å². The molecule has 5 aliphatic rings. The zero-order chi connectivity index (χ0) is 27.9. The Bertz CT molecular complexity index is 1280. The molecule has 1 saturated carbocycles. The molecule has 4 bridgehead atoms. The van der Waals surface area contributed by atoms with E-state index in [1.54, 1.807) is 19.1 Å². The minimum absolute atomic E-state index is 0.0546. The number of allylic oxidation sites excluding steroid dienone is 2. The first-order valence-electron chi connectivity index (χ1n) is 14.0. The summed E-state index contributed by atoms with van der Waals surface area (Å²) in [5.74, 6) is 2.37. The van der Waals surface area contributed by atoms with E-state index in [4.69, 9.17) is 15.2 Å². The van der Waals surface area contributed by atoms with Gasteiger partial charge >= 0.3 is 0 Å². The molecule has 4 heterocycles. The Kier molecular flexibility index (Phi) is 7.31. The van der Waals surface area contributed by atoms with Gasteiger partial charge in [0.05, 0.1) is 25.2 Å². The largest absolute Gasteiger partial charge is 0.494 e. The van der Waals surface area contributed by atoms with E-state index in [1.807, 2.05) is 6.92 Å². The number of carbonyl (C=O) groups is 2. The van der Waals surface area contributed by atoms with E-state index >= 15 is 0 Å². The Hall–Kier alpha value is -3.55. The molecule has 8 heteroatoms. The highest BCUT2D eigenvalue weighted by Crippen LogP contribution is 2.52. The van der Waals surface area contributed by atoms with Gasteiger partial charge in [0.1, 0.15) is 17.1 Å². The number of guanidine groups is 1. The van der Waals surface area contributed by atoms with E-state index in [1.165, 1.54) is 10.5 Å². The minimum atomic E-state index is -0.395. The van der Waals surface area contributed by atoms with Crippen LogP contribution in [0.2, 0.25) is 0 Å². The van der Waals surface area contributed by atoms with Gasteiger partial charge in [0, 0.05) is 29.6 Å². The van der Waals surface area contributed by atoms with Gasteiger partial charge < -0.3 is 20.5 Å². The molecule has 1 aromatic carbocycles. The second-order valence-electron chi connectivity index (χ2n) is 11.8. The van der Waals surface area contributed by atoms with E-state index in [0.29, 0.717) is 48.2 Å². The monoisotopic (exact) mass is 532 g/mol. The number of aliphatic imine (C=N–C) groups is 1. The van der Waals surface area contributed by atoms with E-state index < -0.39 is 5.60 Å². The molecule has 4 atom stereocenters. The molecule has 0 spiro atoms. The highest BCUT2D eigenvalue weighted by molar-refractivity contribution is 5.98. The van der Waals surface area contributed by atoms with Gasteiger partial charge in [-0.1, -0.05) is 18.7 Å². The minimum Gasteiger partial charge on any atom is -0.494 e. The summed E-state index contributed by atoms with van der Waals surface area (Å²) in [6.07, 6.45) is 7.42. The predicted molar refractivity (Wildman–Crippen MR) is 151 cm³/mol. The third kappa shape index (κ3) is 5.89. The van der Waals surface area contributed by atoms with E-state index in [0.717, 1.165) is 30.6 Å². The molecule has 8 nitrogen and oxygen atoms in total. The lowest BCUT2D eigenvalue weighted by molar-refractivity contribution is -0.128. The molecule has 4 aliphatic heterocycles. The van der Waals surface area contributed by atoms with Crippen LogP contribution >= 0.6 is 0 Å². The number of hydrogen-bond acceptors (Lipinski definition) is 6. The Balaban J connectivity index is 1.49. The summed E-state index contributed by atoms with van der Waals surface area (Å²) in [5, 5.41) is 3.25. The van der Waals surface area contributed by atoms with Crippen LogP contribution in [0.4, 0.5) is 0 Å². The lowest BCUT2D eigenvalue weighted by Gasteiger charge is -2.38. The van der Waals surface area contributed by atoms with Crippen molar-refractivity contribution in [2.24, 2.45) is 16.6 Å². The van der Waals surface area contributed by atoms with Crippen LogP contribution in [0.3, 0.4) is 0 Å². The first-order chi connectivity index (χ1) is 18.5. The number of nitrogens with zero attached hydrogens (tertiary/aromatic N) is 2. The highest BCUT2D eigenvalue weighted by Gasteiger charge is 2.41. The molecule has 3 N–H and O–H groups in total. The van der Waals surface area contributed by atoms with E-state index in [9.17, 15) is 9.59 Å². The van der Waals surface area contributed by atoms with Crippen molar-refractivity contribution in [3.8, 4) is 5.75 Å². The Morgan fingerprint density at radius 3 is 2.79 bits per heavy atom. The number of hydrogen-bond donors (Lipinski definition) is 2. The van der Waals surface area contributed by atoms with Crippen molar-refractivity contribution in [1.82, 2.24) is 10.2 Å². The topological polar surface area (TPSA) is 106 Å². The molecule has 6 rings (SSSR count). The van der Waals surface area contributed by atoms with Crippen LogP contribution in [0.15, 0.2) is 58.8 Å². The maximum atomic E-state index is 13.3. The molecule has 2 amide bonds. The summed E-state index contributed by atoms with van der Waals surface area (Å²) in [5.41, 5.74) is 9.29. The number of benzene rings is 1. The zero-order valence-corrected chi connectivity index (χ0v) is 23.5. The number of nitrogens with one attached hydrogen (secondary N) is 1. The van der Waals surface area contributed by atoms with Crippen molar-refractivity contribution in [1.29, 1.82) is 0 Å². The smallest absolute Gasteiger partial charge is 0.247 e. The van der Waals surface area contributed by atoms with Crippen LogP contribution in [0, 0.1) is 5.92 Å². The average molecular weight is 533 g/mol. The molecular weight excluding hydrogens is 492 g/mol. The van der Waals surface area contributed by atoms with Gasteiger partial charge in [0.15, 0.2) is 5.96 Å². The van der Waals surface area contributed by atoms with Gasteiger partial charge in [-0.3, -0.25) is 14.5 Å². The zero-order valence-electron chi connectivity index (χ0n) is 23.5. The van der Waals surface area contributed by atoms with Gasteiger partial charge in [-0.05, 0) is 82.6 Å². The second kappa shape index (κ2) is 10.5. The standard InChI is InChI=1S/C31H40N4O4/c1-6-38-26-11-7-18(2)29(37)34-25-16-31(4,5)39-27-12-9-21(14-24(25)27)23-13-20(23)8-10-22-15-28(36)35(17-19(26)3)30(32)33-22/h7,9,11-12,14,20,22-23,25H,3,6,8,10,13,15-17H2,1-2,4-5H3,(H2,32,33)(H,34,37)/b18-7+,26-11+. The van der Waals surface area contributed by atoms with Gasteiger partial charge in [0.25, 0.3) is 0 Å². The first kappa shape index (κ1) is 27.0. The summed E-state index contributed by atoms with van der Waals surface area (Å²) in [7, 11) is 0. The van der Waals surface area contributed by atoms with Crippen molar-refractivity contribution in [3.63, 3.8) is 0 Å². The summed E-state index contributed by atoms with van der Waals surface area (Å²) in [6, 6.07) is 6.18. The van der Waals surface area contributed by atoms with Gasteiger partial charge in [-0.15, -0.1) is 0 Å². The summed E-state index contributed by atoms with van der Waals surface area (Å²) < 4.78 is 12.1. The van der Waals surface area contributed by atoms with Crippen molar-refractivity contribution in [2.45, 2.75) is 83.4 Å². The molecule has 39 heavy (non-hydrogen) atoms. The normalized spacial score (nSPS) is 31.4. The molecule has 0 saturated heterocycles. The molecule has 1 fully saturated rings. The molecule has 208 valence electrons. The number of carbonyl (C=O) groups excluding carboxylic acids is 2. The first-order valence-corrected chi connectivity index (χ1v) is 14.0. The maximum Gasteiger partial charge on any atom is 0.247 e. The fourth-order valence-corrected chi connectivity index (χ4v) is 5.93. The van der Waals surface area contributed by atoms with Gasteiger partial charge in [-0.25, -0.2) is 4.99 Å². The number of amides is 2. The number of nitrogens with two attached hydrogens (primary N) is 1. The molecule has 4 unspecified atom stereocenters. The Morgan fingerprint density at radius 1 is 1.26 bits per heavy atom. The molecule has 0 aromatic heterocycles. The SMILES string of the molecule is C=C1CN2C(=O)CC(CCC3CC3c3ccc4c(c3)C(CC(C)(C)O4)NC(=O)/C(C)=C/C=C\1OCC)N=C2N. The van der Waals surface area contributed by atoms with Crippen LogP contribution in [-0.2, 0) is 14.3 Å². The summed E-state index contributed by atoms with van der Waals surface area (Å²) >= 11 is 0. The maximum absolute atomic E-state index is 13.3. The average Bonchev–Trinajstić information content (AvgIpc) is 3.65. The van der Waals surface area contributed by atoms with Crippen LogP contribution in [0.25, 0.3) is 0 Å². The van der Waals surface area contributed by atoms with E-state index in [2.05, 4.69) is 48.9 Å². The van der Waals surface area contributed by atoms with Crippen molar-refractivity contribution >= 4 is 17.8 Å². The van der Waals surface area contributed by atoms with Crippen molar-refractivity contribution < 1.29 is 19.1 Å². The third-order valence-corrected chi connectivity index (χ3v) is 8.16. The second-order valence-corrected chi connectivity index (χ2v) is 11.8. The fraction of sp³-hybridized carbons (Fsp3) is 0.516. The number of fused-ring (bicyclic) bond motifs is 7. The van der Waals surface area contributed by atoms with Gasteiger partial charge in [-0.2, -0.15) is 0 Å². The lowest BCUT2D eigenvalue weighted by atomic mass is 9.88. The van der Waals surface area contributed by atoms with E-state index in [-0.39, 0.29) is 36.4 Å². The summed E-state index contributed by atoms with van der Waals surface area (Å²) in [4.78, 5) is 32.5. The van der Waals surface area contributed by atoms with Crippen molar-refractivity contribution in [3.05, 3.63) is 65.0 Å². The Labute approximate surface area is 231 Å². The predicted octanol–water partition coefficient (Wildman–Crippen LogP) is 4.64. The quantitative estimate of drug-likeness (QED) is 0.577.